The van der Waals surface area contributed by atoms with Crippen LogP contribution in [-0.4, -0.2) is 65.0 Å². The van der Waals surface area contributed by atoms with Crippen molar-refractivity contribution in [2.24, 2.45) is 5.92 Å². The molecule has 2 heterocycles. The van der Waals surface area contributed by atoms with Gasteiger partial charge in [0.1, 0.15) is 11.8 Å². The first kappa shape index (κ1) is 25.0. The highest BCUT2D eigenvalue weighted by molar-refractivity contribution is 7.13. The van der Waals surface area contributed by atoms with Gasteiger partial charge < -0.3 is 20.1 Å². The zero-order valence-corrected chi connectivity index (χ0v) is 20.1. The number of aromatic nitrogens is 1. The molecule has 0 aliphatic carbocycles. The summed E-state index contributed by atoms with van der Waals surface area (Å²) in [7, 11) is 1.52. The Morgan fingerprint density at radius 2 is 2.03 bits per heavy atom. The van der Waals surface area contributed by atoms with Gasteiger partial charge in [0.05, 0.1) is 28.8 Å². The molecule has 0 radical (unpaired) electrons. The first-order valence-electron chi connectivity index (χ1n) is 11.1. The lowest BCUT2D eigenvalue weighted by molar-refractivity contribution is -0.142. The molecule has 2 N–H and O–H groups in total. The second-order valence-corrected chi connectivity index (χ2v) is 9.32. The van der Waals surface area contributed by atoms with E-state index >= 15 is 0 Å². The molecule has 0 unspecified atom stereocenters. The summed E-state index contributed by atoms with van der Waals surface area (Å²) in [5.74, 6) is -1.21. The number of aryl methyl sites for hydroxylation is 1. The Bertz CT molecular complexity index is 975. The minimum absolute atomic E-state index is 0.0598. The molecular formula is C24H31N3O5S. The number of aliphatic hydroxyl groups excluding tert-OH is 1. The molecule has 2 amide bonds. The monoisotopic (exact) mass is 473 g/mol. The predicted molar refractivity (Wildman–Crippen MR) is 126 cm³/mol. The third-order valence-electron chi connectivity index (χ3n) is 5.83. The van der Waals surface area contributed by atoms with Crippen molar-refractivity contribution < 1.29 is 24.2 Å². The number of carbonyl (C=O) groups excluding carboxylic acids is 3. The van der Waals surface area contributed by atoms with Gasteiger partial charge in [0, 0.05) is 45.4 Å². The van der Waals surface area contributed by atoms with Gasteiger partial charge in [-0.15, -0.1) is 11.3 Å². The van der Waals surface area contributed by atoms with E-state index in [1.54, 1.807) is 18.3 Å². The molecule has 2 aromatic rings. The van der Waals surface area contributed by atoms with Crippen molar-refractivity contribution >= 4 is 28.9 Å². The van der Waals surface area contributed by atoms with Crippen molar-refractivity contribution in [3.63, 3.8) is 0 Å². The Morgan fingerprint density at radius 3 is 2.67 bits per heavy atom. The number of nitrogens with zero attached hydrogens (tertiary/aromatic N) is 2. The van der Waals surface area contributed by atoms with Crippen LogP contribution in [0.2, 0.25) is 0 Å². The van der Waals surface area contributed by atoms with E-state index in [0.717, 1.165) is 21.7 Å². The summed E-state index contributed by atoms with van der Waals surface area (Å²) >= 11 is 1.59. The van der Waals surface area contributed by atoms with Gasteiger partial charge >= 0.3 is 0 Å². The molecule has 0 spiro atoms. The number of benzene rings is 1. The molecule has 8 nitrogen and oxygen atoms in total. The van der Waals surface area contributed by atoms with E-state index in [4.69, 9.17) is 4.74 Å². The SMILES string of the molecule is COCCC(=O)C[C@@H](C)C(=O)N1C[C@H](O)C[C@H]1C(=O)NCc1ccc(-c2scnc2C)cc1. The fraction of sp³-hybridized carbons (Fsp3) is 0.500. The van der Waals surface area contributed by atoms with Gasteiger partial charge in [-0.25, -0.2) is 4.98 Å². The van der Waals surface area contributed by atoms with Crippen molar-refractivity contribution in [2.45, 2.75) is 51.8 Å². The average Bonchev–Trinajstić information content (AvgIpc) is 3.41. The fourth-order valence-electron chi connectivity index (χ4n) is 4.00. The molecular weight excluding hydrogens is 442 g/mol. The van der Waals surface area contributed by atoms with Crippen molar-refractivity contribution in [1.29, 1.82) is 0 Å². The molecule has 1 aromatic heterocycles. The zero-order chi connectivity index (χ0) is 24.0. The highest BCUT2D eigenvalue weighted by Crippen LogP contribution is 2.27. The molecule has 1 fully saturated rings. The lowest BCUT2D eigenvalue weighted by Crippen LogP contribution is -2.47. The number of hydrogen-bond acceptors (Lipinski definition) is 7. The van der Waals surface area contributed by atoms with Crippen LogP contribution >= 0.6 is 11.3 Å². The van der Waals surface area contributed by atoms with Crippen molar-refractivity contribution in [2.75, 3.05) is 20.3 Å². The maximum atomic E-state index is 12.9. The summed E-state index contributed by atoms with van der Waals surface area (Å²) in [5.41, 5.74) is 4.82. The summed E-state index contributed by atoms with van der Waals surface area (Å²) < 4.78 is 4.91. The standard InChI is InChI=1S/C24H31N3O5S/c1-15(10-19(28)8-9-32-3)24(31)27-13-20(29)11-21(27)23(30)25-12-17-4-6-18(7-5-17)22-16(2)26-14-33-22/h4-7,14-15,20-21,29H,8-13H2,1-3H3,(H,25,30)/t15-,20-,21+/m1/s1. The van der Waals surface area contributed by atoms with Crippen LogP contribution < -0.4 is 5.32 Å². The molecule has 33 heavy (non-hydrogen) atoms. The lowest BCUT2D eigenvalue weighted by atomic mass is 10.0. The Balaban J connectivity index is 1.57. The molecule has 1 aromatic carbocycles. The third kappa shape index (κ3) is 6.46. The van der Waals surface area contributed by atoms with Crippen molar-refractivity contribution in [3.8, 4) is 10.4 Å². The highest BCUT2D eigenvalue weighted by Gasteiger charge is 2.40. The van der Waals surface area contributed by atoms with Gasteiger partial charge in [0.25, 0.3) is 0 Å². The van der Waals surface area contributed by atoms with E-state index in [2.05, 4.69) is 10.3 Å². The largest absolute Gasteiger partial charge is 0.391 e. The molecule has 3 rings (SSSR count). The van der Waals surface area contributed by atoms with E-state index in [1.807, 2.05) is 36.7 Å². The van der Waals surface area contributed by atoms with E-state index in [1.165, 1.54) is 12.0 Å². The average molecular weight is 474 g/mol. The van der Waals surface area contributed by atoms with Gasteiger partial charge in [-0.2, -0.15) is 0 Å². The van der Waals surface area contributed by atoms with Crippen LogP contribution in [0.4, 0.5) is 0 Å². The van der Waals surface area contributed by atoms with E-state index in [-0.39, 0.29) is 43.4 Å². The normalized spacial score (nSPS) is 18.8. The van der Waals surface area contributed by atoms with E-state index in [9.17, 15) is 19.5 Å². The second-order valence-electron chi connectivity index (χ2n) is 8.46. The van der Waals surface area contributed by atoms with Gasteiger partial charge in [-0.1, -0.05) is 31.2 Å². The number of likely N-dealkylation sites (tertiary alicyclic amines) is 1. The number of hydrogen-bond donors (Lipinski definition) is 2. The summed E-state index contributed by atoms with van der Waals surface area (Å²) in [5, 5.41) is 13.0. The smallest absolute Gasteiger partial charge is 0.243 e. The van der Waals surface area contributed by atoms with Crippen LogP contribution in [0.25, 0.3) is 10.4 Å². The zero-order valence-electron chi connectivity index (χ0n) is 19.2. The minimum atomic E-state index is -0.761. The van der Waals surface area contributed by atoms with Crippen molar-refractivity contribution in [3.05, 3.63) is 41.0 Å². The number of amides is 2. The Hall–Kier alpha value is -2.62. The van der Waals surface area contributed by atoms with Crippen LogP contribution in [0.5, 0.6) is 0 Å². The Labute approximate surface area is 198 Å². The fourth-order valence-corrected chi connectivity index (χ4v) is 4.81. The Kier molecular flexibility index (Phi) is 8.71. The van der Waals surface area contributed by atoms with Crippen LogP contribution in [-0.2, 0) is 25.7 Å². The number of carbonyl (C=O) groups is 3. The number of ether oxygens (including phenoxy) is 1. The molecule has 3 atom stereocenters. The first-order chi connectivity index (χ1) is 15.8. The van der Waals surface area contributed by atoms with Crippen LogP contribution in [0, 0.1) is 12.8 Å². The summed E-state index contributed by atoms with van der Waals surface area (Å²) in [4.78, 5) is 44.6. The summed E-state index contributed by atoms with van der Waals surface area (Å²) in [6, 6.07) is 7.16. The number of thiazole rings is 1. The highest BCUT2D eigenvalue weighted by atomic mass is 32.1. The molecule has 9 heteroatoms. The summed E-state index contributed by atoms with van der Waals surface area (Å²) in [6.45, 7) is 4.38. The maximum Gasteiger partial charge on any atom is 0.243 e. The van der Waals surface area contributed by atoms with Gasteiger partial charge in [-0.05, 0) is 18.1 Å². The summed E-state index contributed by atoms with van der Waals surface area (Å²) in [6.07, 6.45) is -0.231. The van der Waals surface area contributed by atoms with Gasteiger partial charge in [0.15, 0.2) is 0 Å². The van der Waals surface area contributed by atoms with Gasteiger partial charge in [-0.3, -0.25) is 14.4 Å². The molecule has 1 aliphatic heterocycles. The Morgan fingerprint density at radius 1 is 1.30 bits per heavy atom. The molecule has 0 saturated carbocycles. The molecule has 1 aliphatic rings. The second kappa shape index (κ2) is 11.5. The predicted octanol–water partition coefficient (Wildman–Crippen LogP) is 2.33. The number of ketones is 1. The number of rotatable bonds is 10. The number of Topliss-reactive ketones (excluding diaryl/α,β-unsaturated/α-hetero) is 1. The topological polar surface area (TPSA) is 109 Å². The van der Waals surface area contributed by atoms with Gasteiger partial charge in [0.2, 0.25) is 11.8 Å². The lowest BCUT2D eigenvalue weighted by Gasteiger charge is -2.26. The van der Waals surface area contributed by atoms with E-state index < -0.39 is 18.1 Å². The number of nitrogens with one attached hydrogen (secondary N) is 1. The molecule has 0 bridgehead atoms. The van der Waals surface area contributed by atoms with Crippen molar-refractivity contribution in [1.82, 2.24) is 15.2 Å². The van der Waals surface area contributed by atoms with E-state index in [0.29, 0.717) is 13.2 Å². The number of aliphatic hydroxyl groups is 1. The van der Waals surface area contributed by atoms with Crippen LogP contribution in [0.15, 0.2) is 29.8 Å². The quantitative estimate of drug-likeness (QED) is 0.548. The van der Waals surface area contributed by atoms with Crippen LogP contribution in [0.1, 0.15) is 37.4 Å². The maximum absolute atomic E-state index is 12.9. The number of β-amino-alcohol motifs (C(OH)–C–C–N with tert-alkyl or cyclic N) is 1. The third-order valence-corrected chi connectivity index (χ3v) is 6.81. The molecule has 1 saturated heterocycles. The minimum Gasteiger partial charge on any atom is -0.391 e. The first-order valence-corrected chi connectivity index (χ1v) is 11.9. The number of methoxy groups -OCH3 is 1. The molecule has 178 valence electrons. The van der Waals surface area contributed by atoms with Crippen LogP contribution in [0.3, 0.4) is 0 Å².